The van der Waals surface area contributed by atoms with Crippen LogP contribution in [0.15, 0.2) is 60.8 Å². The van der Waals surface area contributed by atoms with Crippen molar-refractivity contribution in [2.45, 2.75) is 0 Å². The van der Waals surface area contributed by atoms with Crippen LogP contribution in [-0.2, 0) is 0 Å². The fourth-order valence-corrected chi connectivity index (χ4v) is 2.65. The van der Waals surface area contributed by atoms with Gasteiger partial charge in [-0.05, 0) is 54.6 Å². The van der Waals surface area contributed by atoms with Crippen LogP contribution in [0.4, 0.5) is 5.69 Å². The summed E-state index contributed by atoms with van der Waals surface area (Å²) in [5.41, 5.74) is 2.52. The Morgan fingerprint density at radius 3 is 2.42 bits per heavy atom. The van der Waals surface area contributed by atoms with E-state index in [1.54, 1.807) is 68.9 Å². The van der Waals surface area contributed by atoms with Crippen LogP contribution >= 0.6 is 11.6 Å². The normalized spacial score (nSPS) is 10.3. The number of nitrogens with zero attached hydrogens (tertiary/aromatic N) is 1. The number of amides is 1. The van der Waals surface area contributed by atoms with Crippen molar-refractivity contribution < 1.29 is 14.3 Å². The molecule has 1 amide bonds. The molecule has 0 aliphatic heterocycles. The van der Waals surface area contributed by atoms with Crippen molar-refractivity contribution in [3.63, 3.8) is 0 Å². The number of halogens is 1. The van der Waals surface area contributed by atoms with E-state index in [1.165, 1.54) is 0 Å². The van der Waals surface area contributed by atoms with E-state index in [9.17, 15) is 4.79 Å². The fraction of sp³-hybridized carbons (Fsp3) is 0.100. The van der Waals surface area contributed by atoms with Crippen LogP contribution in [0.2, 0.25) is 5.02 Å². The van der Waals surface area contributed by atoms with Crippen LogP contribution < -0.4 is 14.8 Å². The van der Waals surface area contributed by atoms with Crippen LogP contribution in [0, 0.1) is 0 Å². The van der Waals surface area contributed by atoms with E-state index in [4.69, 9.17) is 21.1 Å². The molecule has 0 fully saturated rings. The Bertz CT molecular complexity index is 927. The summed E-state index contributed by atoms with van der Waals surface area (Å²) in [6.07, 6.45) is 1.68. The van der Waals surface area contributed by atoms with Gasteiger partial charge in [0.25, 0.3) is 5.91 Å². The van der Waals surface area contributed by atoms with Gasteiger partial charge >= 0.3 is 0 Å². The minimum atomic E-state index is -0.245. The van der Waals surface area contributed by atoms with Gasteiger partial charge in [0.15, 0.2) is 0 Å². The Labute approximate surface area is 156 Å². The van der Waals surface area contributed by atoms with Crippen molar-refractivity contribution >= 4 is 23.2 Å². The molecule has 1 heterocycles. The molecule has 1 N–H and O–H groups in total. The van der Waals surface area contributed by atoms with Crippen molar-refractivity contribution in [2.75, 3.05) is 19.5 Å². The highest BCUT2D eigenvalue weighted by Crippen LogP contribution is 2.35. The monoisotopic (exact) mass is 368 g/mol. The molecule has 0 aliphatic rings. The molecule has 26 heavy (non-hydrogen) atoms. The zero-order valence-corrected chi connectivity index (χ0v) is 15.1. The molecule has 6 heteroatoms. The van der Waals surface area contributed by atoms with Crippen LogP contribution in [0.5, 0.6) is 11.5 Å². The summed E-state index contributed by atoms with van der Waals surface area (Å²) in [6.45, 7) is 0. The topological polar surface area (TPSA) is 60.5 Å². The third kappa shape index (κ3) is 3.78. The zero-order valence-electron chi connectivity index (χ0n) is 14.3. The van der Waals surface area contributed by atoms with Crippen LogP contribution in [0.25, 0.3) is 11.3 Å². The first-order valence-corrected chi connectivity index (χ1v) is 8.24. The maximum atomic E-state index is 12.5. The third-order valence-electron chi connectivity index (χ3n) is 3.81. The lowest BCUT2D eigenvalue weighted by Gasteiger charge is -2.13. The van der Waals surface area contributed by atoms with Gasteiger partial charge in [-0.25, -0.2) is 0 Å². The molecule has 0 saturated carbocycles. The summed E-state index contributed by atoms with van der Waals surface area (Å²) in [5, 5.41) is 3.43. The molecule has 0 bridgehead atoms. The number of rotatable bonds is 5. The van der Waals surface area contributed by atoms with Crippen molar-refractivity contribution in [1.82, 2.24) is 4.98 Å². The van der Waals surface area contributed by atoms with E-state index in [-0.39, 0.29) is 5.91 Å². The molecule has 132 valence electrons. The molecule has 1 aromatic heterocycles. The first-order valence-electron chi connectivity index (χ1n) is 7.86. The summed E-state index contributed by atoms with van der Waals surface area (Å²) >= 11 is 5.86. The Balaban J connectivity index is 1.91. The summed E-state index contributed by atoms with van der Waals surface area (Å²) < 4.78 is 10.8. The predicted octanol–water partition coefficient (Wildman–Crippen LogP) is 4.67. The van der Waals surface area contributed by atoms with E-state index in [2.05, 4.69) is 10.3 Å². The number of pyridine rings is 1. The molecule has 0 unspecified atom stereocenters. The van der Waals surface area contributed by atoms with Crippen LogP contribution in [0.3, 0.4) is 0 Å². The average Bonchev–Trinajstić information content (AvgIpc) is 2.69. The Morgan fingerprint density at radius 2 is 1.73 bits per heavy atom. The highest BCUT2D eigenvalue weighted by Gasteiger charge is 2.15. The van der Waals surface area contributed by atoms with Gasteiger partial charge in [-0.1, -0.05) is 11.6 Å². The van der Waals surface area contributed by atoms with E-state index >= 15 is 0 Å². The summed E-state index contributed by atoms with van der Waals surface area (Å²) in [5.74, 6) is 0.917. The van der Waals surface area contributed by atoms with Gasteiger partial charge in [0, 0.05) is 28.0 Å². The fourth-order valence-electron chi connectivity index (χ4n) is 2.52. The summed E-state index contributed by atoms with van der Waals surface area (Å²) in [7, 11) is 3.13. The Morgan fingerprint density at radius 1 is 1.00 bits per heavy atom. The number of ether oxygens (including phenoxy) is 2. The molecular formula is C20H17ClN2O3. The van der Waals surface area contributed by atoms with E-state index in [0.717, 1.165) is 5.56 Å². The van der Waals surface area contributed by atoms with Crippen molar-refractivity contribution in [3.8, 4) is 22.8 Å². The van der Waals surface area contributed by atoms with Gasteiger partial charge in [0.1, 0.15) is 17.2 Å². The largest absolute Gasteiger partial charge is 0.496 e. The second kappa shape index (κ2) is 7.89. The number of carbonyl (C=O) groups excluding carboxylic acids is 1. The van der Waals surface area contributed by atoms with E-state index in [0.29, 0.717) is 33.5 Å². The Hall–Kier alpha value is -3.05. The molecule has 2 aromatic carbocycles. The predicted molar refractivity (Wildman–Crippen MR) is 102 cm³/mol. The Kier molecular flexibility index (Phi) is 5.39. The zero-order chi connectivity index (χ0) is 18.5. The SMILES string of the molecule is COc1cc(C(=O)Nc2ccc(Cl)cc2)ccc1-c1ncccc1OC. The van der Waals surface area contributed by atoms with Gasteiger partial charge < -0.3 is 14.8 Å². The maximum Gasteiger partial charge on any atom is 0.255 e. The number of nitrogens with one attached hydrogen (secondary N) is 1. The second-order valence-corrected chi connectivity index (χ2v) is 5.87. The molecule has 3 aromatic rings. The molecule has 0 spiro atoms. The number of carbonyl (C=O) groups is 1. The molecule has 0 aliphatic carbocycles. The van der Waals surface area contributed by atoms with Crippen LogP contribution in [-0.4, -0.2) is 25.1 Å². The van der Waals surface area contributed by atoms with E-state index in [1.807, 2.05) is 6.07 Å². The lowest BCUT2D eigenvalue weighted by Crippen LogP contribution is -2.12. The quantitative estimate of drug-likeness (QED) is 0.710. The number of hydrogen-bond acceptors (Lipinski definition) is 4. The second-order valence-electron chi connectivity index (χ2n) is 5.43. The lowest BCUT2D eigenvalue weighted by molar-refractivity contribution is 0.102. The number of benzene rings is 2. The first kappa shape index (κ1) is 17.8. The van der Waals surface area contributed by atoms with Gasteiger partial charge in [0.2, 0.25) is 0 Å². The van der Waals surface area contributed by atoms with E-state index < -0.39 is 0 Å². The van der Waals surface area contributed by atoms with Gasteiger partial charge in [-0.3, -0.25) is 9.78 Å². The molecule has 3 rings (SSSR count). The molecule has 0 atom stereocenters. The highest BCUT2D eigenvalue weighted by atomic mass is 35.5. The average molecular weight is 369 g/mol. The number of methoxy groups -OCH3 is 2. The smallest absolute Gasteiger partial charge is 0.255 e. The standard InChI is InChI=1S/C20H17ClN2O3/c1-25-17-4-3-11-22-19(17)16-10-5-13(12-18(16)26-2)20(24)23-15-8-6-14(21)7-9-15/h3-12H,1-2H3,(H,23,24). The highest BCUT2D eigenvalue weighted by molar-refractivity contribution is 6.30. The third-order valence-corrected chi connectivity index (χ3v) is 4.06. The number of aromatic nitrogens is 1. The van der Waals surface area contributed by atoms with Crippen LogP contribution in [0.1, 0.15) is 10.4 Å². The lowest BCUT2D eigenvalue weighted by atomic mass is 10.1. The number of anilines is 1. The minimum Gasteiger partial charge on any atom is -0.496 e. The minimum absolute atomic E-state index is 0.245. The molecular weight excluding hydrogens is 352 g/mol. The summed E-state index contributed by atoms with van der Waals surface area (Å²) in [6, 6.07) is 15.7. The van der Waals surface area contributed by atoms with Gasteiger partial charge in [0.05, 0.1) is 14.2 Å². The van der Waals surface area contributed by atoms with Crippen molar-refractivity contribution in [1.29, 1.82) is 0 Å². The van der Waals surface area contributed by atoms with Gasteiger partial charge in [-0.15, -0.1) is 0 Å². The number of hydrogen-bond donors (Lipinski definition) is 1. The molecule has 5 nitrogen and oxygen atoms in total. The maximum absolute atomic E-state index is 12.5. The molecule has 0 radical (unpaired) electrons. The van der Waals surface area contributed by atoms with Crippen molar-refractivity contribution in [2.24, 2.45) is 0 Å². The van der Waals surface area contributed by atoms with Crippen molar-refractivity contribution in [3.05, 3.63) is 71.4 Å². The molecule has 0 saturated heterocycles. The first-order chi connectivity index (χ1) is 12.6. The van der Waals surface area contributed by atoms with Gasteiger partial charge in [-0.2, -0.15) is 0 Å². The summed E-state index contributed by atoms with van der Waals surface area (Å²) in [4.78, 5) is 16.9.